The number of rotatable bonds is 5. The zero-order valence-electron chi connectivity index (χ0n) is 21.3. The Morgan fingerprint density at radius 1 is 0.581 bits per heavy atom. The minimum Gasteiger partial charge on any atom is -0.506 e. The minimum absolute atomic E-state index is 0.0247. The number of halogens is 5. The van der Waals surface area contributed by atoms with E-state index < -0.39 is 23.1 Å². The third-order valence-electron chi connectivity index (χ3n) is 4.98. The fourth-order valence-electron chi connectivity index (χ4n) is 2.99. The van der Waals surface area contributed by atoms with Crippen LogP contribution in [0.25, 0.3) is 0 Å². The number of carbonyl (C=O) groups excluding carboxylic acids is 2. The van der Waals surface area contributed by atoms with Gasteiger partial charge in [-0.3, -0.25) is 9.59 Å². The van der Waals surface area contributed by atoms with Crippen molar-refractivity contribution < 1.29 is 39.6 Å². The SMILES string of the molecule is Nc1ccc(C(=O)O)cc1O.O=C(Cl)c1cc(Cl)cc(Cl)c1.O=C(O)c1ccc(NC(=O)c2cc(Cl)cc(Cl)c2)c(O)c1. The molecule has 0 bridgehead atoms. The number of nitrogens with two attached hydrogens (primary N) is 1. The largest absolute Gasteiger partial charge is 0.506 e. The molecule has 0 aliphatic heterocycles. The summed E-state index contributed by atoms with van der Waals surface area (Å²) < 4.78 is 0. The van der Waals surface area contributed by atoms with E-state index in [0.717, 1.165) is 12.1 Å². The summed E-state index contributed by atoms with van der Waals surface area (Å²) in [6.45, 7) is 0. The highest BCUT2D eigenvalue weighted by atomic mass is 35.5. The first kappa shape index (κ1) is 35.0. The fourth-order valence-corrected chi connectivity index (χ4v) is 4.15. The van der Waals surface area contributed by atoms with Gasteiger partial charge in [-0.05, 0) is 84.4 Å². The molecule has 4 aromatic rings. The van der Waals surface area contributed by atoms with Crippen molar-refractivity contribution in [1.29, 1.82) is 0 Å². The van der Waals surface area contributed by atoms with E-state index in [1.165, 1.54) is 60.7 Å². The van der Waals surface area contributed by atoms with Gasteiger partial charge in [0.05, 0.1) is 22.5 Å². The van der Waals surface area contributed by atoms with Crippen molar-refractivity contribution in [3.8, 4) is 11.5 Å². The summed E-state index contributed by atoms with van der Waals surface area (Å²) in [5.74, 6) is -3.34. The summed E-state index contributed by atoms with van der Waals surface area (Å²) >= 11 is 28.0. The van der Waals surface area contributed by atoms with Crippen LogP contribution in [0.3, 0.4) is 0 Å². The molecule has 7 N–H and O–H groups in total. The predicted molar refractivity (Wildman–Crippen MR) is 166 cm³/mol. The maximum Gasteiger partial charge on any atom is 0.335 e. The van der Waals surface area contributed by atoms with E-state index in [4.69, 9.17) is 79.1 Å². The number of phenols is 2. The number of hydrogen-bond acceptors (Lipinski definition) is 7. The molecule has 4 rings (SSSR count). The van der Waals surface area contributed by atoms with Crippen LogP contribution in [-0.4, -0.2) is 43.5 Å². The van der Waals surface area contributed by atoms with Crippen molar-refractivity contribution in [2.75, 3.05) is 11.1 Å². The highest BCUT2D eigenvalue weighted by Crippen LogP contribution is 2.26. The number of aromatic carboxylic acids is 2. The molecule has 0 aliphatic carbocycles. The number of carboxylic acids is 2. The summed E-state index contributed by atoms with van der Waals surface area (Å²) in [6.07, 6.45) is 0. The van der Waals surface area contributed by atoms with Gasteiger partial charge in [0.1, 0.15) is 11.5 Å². The topological polar surface area (TPSA) is 187 Å². The monoisotopic (exact) mass is 686 g/mol. The van der Waals surface area contributed by atoms with Crippen LogP contribution >= 0.6 is 58.0 Å². The van der Waals surface area contributed by atoms with Gasteiger partial charge in [-0.1, -0.05) is 46.4 Å². The van der Waals surface area contributed by atoms with Gasteiger partial charge in [-0.15, -0.1) is 0 Å². The molecule has 0 radical (unpaired) electrons. The second-order valence-corrected chi connectivity index (χ2v) is 10.2. The highest BCUT2D eigenvalue weighted by molar-refractivity contribution is 6.68. The second kappa shape index (κ2) is 15.9. The molecule has 15 heteroatoms. The number of nitrogen functional groups attached to an aromatic ring is 1. The standard InChI is InChI=1S/C14H9Cl2NO4.C7H3Cl3O.C7H7NO3/c15-9-3-8(4-10(16)6-9)13(19)17-11-2-1-7(14(20)21)5-12(11)18;8-5-1-4(7(10)11)2-6(9)3-5;8-5-2-1-4(7(10)11)3-6(5)9/h1-6,18H,(H,17,19)(H,20,21);1-3H;1-3,9H,8H2,(H,10,11). The van der Waals surface area contributed by atoms with Crippen LogP contribution < -0.4 is 11.1 Å². The van der Waals surface area contributed by atoms with E-state index in [1.807, 2.05) is 0 Å². The number of nitrogens with one attached hydrogen (secondary N) is 1. The molecule has 0 saturated heterocycles. The van der Waals surface area contributed by atoms with Crippen molar-refractivity contribution in [2.45, 2.75) is 0 Å². The van der Waals surface area contributed by atoms with Gasteiger partial charge in [0, 0.05) is 31.2 Å². The molecule has 1 amide bonds. The molecular weight excluding hydrogens is 670 g/mol. The van der Waals surface area contributed by atoms with E-state index in [1.54, 1.807) is 0 Å². The number of phenolic OH excluding ortho intramolecular Hbond substituents is 2. The number of aromatic hydroxyl groups is 2. The summed E-state index contributed by atoms with van der Waals surface area (Å²) in [5, 5.41) is 39.2. The Morgan fingerprint density at radius 3 is 1.40 bits per heavy atom. The zero-order chi connectivity index (χ0) is 32.4. The van der Waals surface area contributed by atoms with Gasteiger partial charge >= 0.3 is 11.9 Å². The Bertz CT molecular complexity index is 1660. The van der Waals surface area contributed by atoms with Crippen LogP contribution in [0.4, 0.5) is 11.4 Å². The number of benzene rings is 4. The summed E-state index contributed by atoms with van der Waals surface area (Å²) in [6, 6.07) is 16.2. The number of amides is 1. The maximum atomic E-state index is 12.0. The Hall–Kier alpha value is -4.19. The lowest BCUT2D eigenvalue weighted by molar-refractivity contribution is 0.0686. The summed E-state index contributed by atoms with van der Waals surface area (Å²) in [5.41, 5.74) is 5.97. The van der Waals surface area contributed by atoms with Crippen molar-refractivity contribution in [2.24, 2.45) is 0 Å². The molecule has 0 aromatic heterocycles. The highest BCUT2D eigenvalue weighted by Gasteiger charge is 2.13. The van der Waals surface area contributed by atoms with Crippen molar-refractivity contribution in [1.82, 2.24) is 0 Å². The van der Waals surface area contributed by atoms with E-state index in [0.29, 0.717) is 25.7 Å². The van der Waals surface area contributed by atoms with E-state index >= 15 is 0 Å². The first-order valence-corrected chi connectivity index (χ1v) is 13.3. The smallest absolute Gasteiger partial charge is 0.335 e. The van der Waals surface area contributed by atoms with E-state index in [9.17, 15) is 24.3 Å². The third kappa shape index (κ3) is 11.2. The molecule has 0 spiro atoms. The predicted octanol–water partition coefficient (Wildman–Crippen LogP) is 7.69. The maximum absolute atomic E-state index is 12.0. The van der Waals surface area contributed by atoms with Crippen LogP contribution in [0.5, 0.6) is 11.5 Å². The second-order valence-electron chi connectivity index (χ2n) is 8.16. The molecule has 224 valence electrons. The van der Waals surface area contributed by atoms with Gasteiger partial charge in [0.2, 0.25) is 0 Å². The molecule has 4 aromatic carbocycles. The lowest BCUT2D eigenvalue weighted by Gasteiger charge is -2.08. The molecule has 0 atom stereocenters. The molecule has 0 aliphatic rings. The van der Waals surface area contributed by atoms with Crippen LogP contribution in [-0.2, 0) is 0 Å². The molecule has 0 saturated carbocycles. The quantitative estimate of drug-likeness (QED) is 0.0694. The number of carboxylic acid groups (broad SMARTS) is 2. The first-order valence-electron chi connectivity index (χ1n) is 11.4. The van der Waals surface area contributed by atoms with Crippen LogP contribution in [0.15, 0.2) is 72.8 Å². The van der Waals surface area contributed by atoms with Gasteiger partial charge in [0.15, 0.2) is 0 Å². The normalized spacial score (nSPS) is 9.88. The van der Waals surface area contributed by atoms with Crippen molar-refractivity contribution >= 4 is 92.5 Å². The van der Waals surface area contributed by atoms with Gasteiger partial charge in [0.25, 0.3) is 11.1 Å². The molecule has 0 unspecified atom stereocenters. The van der Waals surface area contributed by atoms with Gasteiger partial charge in [-0.25, -0.2) is 9.59 Å². The van der Waals surface area contributed by atoms with Crippen LogP contribution in [0.1, 0.15) is 41.4 Å². The molecular formula is C28H19Cl5N2O8. The number of anilines is 2. The van der Waals surface area contributed by atoms with Gasteiger partial charge in [-0.2, -0.15) is 0 Å². The van der Waals surface area contributed by atoms with Crippen LogP contribution in [0, 0.1) is 0 Å². The molecule has 0 heterocycles. The third-order valence-corrected chi connectivity index (χ3v) is 6.08. The van der Waals surface area contributed by atoms with Crippen molar-refractivity contribution in [3.63, 3.8) is 0 Å². The first-order chi connectivity index (χ1) is 20.1. The Labute approximate surface area is 268 Å². The summed E-state index contributed by atoms with van der Waals surface area (Å²) in [4.78, 5) is 43.7. The molecule has 10 nitrogen and oxygen atoms in total. The van der Waals surface area contributed by atoms with Crippen molar-refractivity contribution in [3.05, 3.63) is 115 Å². The fraction of sp³-hybridized carbons (Fsp3) is 0. The Morgan fingerprint density at radius 2 is 1.00 bits per heavy atom. The minimum atomic E-state index is -1.18. The Kier molecular flexibility index (Phi) is 12.9. The molecule has 0 fully saturated rings. The van der Waals surface area contributed by atoms with Crippen LogP contribution in [0.2, 0.25) is 20.1 Å². The van der Waals surface area contributed by atoms with E-state index in [-0.39, 0.29) is 39.6 Å². The Balaban J connectivity index is 0.000000247. The lowest BCUT2D eigenvalue weighted by atomic mass is 10.1. The lowest BCUT2D eigenvalue weighted by Crippen LogP contribution is -2.12. The molecule has 43 heavy (non-hydrogen) atoms. The number of hydrogen-bond donors (Lipinski definition) is 6. The zero-order valence-corrected chi connectivity index (χ0v) is 25.1. The number of carbonyl (C=O) groups is 4. The van der Waals surface area contributed by atoms with Gasteiger partial charge < -0.3 is 31.5 Å². The average molecular weight is 689 g/mol. The van der Waals surface area contributed by atoms with E-state index in [2.05, 4.69) is 5.32 Å². The summed E-state index contributed by atoms with van der Waals surface area (Å²) in [7, 11) is 0. The average Bonchev–Trinajstić information content (AvgIpc) is 2.90.